The molecule has 0 saturated carbocycles. The monoisotopic (exact) mass is 250 g/mol. The second-order valence-corrected chi connectivity index (χ2v) is 4.12. The highest BCUT2D eigenvalue weighted by Crippen LogP contribution is 2.32. The number of benzene rings is 1. The Hall–Kier alpha value is -2.24. The molecule has 5 nitrogen and oxygen atoms in total. The van der Waals surface area contributed by atoms with Crippen molar-refractivity contribution >= 4 is 23.1 Å². The number of hydrogen-bond donors (Lipinski definition) is 2. The van der Waals surface area contributed by atoms with Crippen molar-refractivity contribution in [3.63, 3.8) is 0 Å². The lowest BCUT2D eigenvalue weighted by Gasteiger charge is -2.10. The number of halogens is 1. The van der Waals surface area contributed by atoms with Gasteiger partial charge in [-0.3, -0.25) is 9.59 Å². The maximum Gasteiger partial charge on any atom is 0.221 e. The molecule has 0 aliphatic heterocycles. The van der Waals surface area contributed by atoms with E-state index in [2.05, 4.69) is 10.5 Å². The average Bonchev–Trinajstić information content (AvgIpc) is 2.63. The second-order valence-electron chi connectivity index (χ2n) is 4.12. The topological polar surface area (TPSA) is 78.8 Å². The molecular weight excluding hydrogens is 239 g/mol. The molecule has 1 amide bonds. The summed E-state index contributed by atoms with van der Waals surface area (Å²) in [4.78, 5) is 23.0. The molecule has 18 heavy (non-hydrogen) atoms. The summed E-state index contributed by atoms with van der Waals surface area (Å²) in [6, 6.07) is 1.10. The fourth-order valence-electron chi connectivity index (χ4n) is 2.04. The number of carbonyl (C=O) groups excluding carboxylic acids is 2. The van der Waals surface area contributed by atoms with Crippen molar-refractivity contribution in [2.75, 3.05) is 5.32 Å². The van der Waals surface area contributed by atoms with Crippen LogP contribution in [-0.4, -0.2) is 22.6 Å². The summed E-state index contributed by atoms with van der Waals surface area (Å²) in [7, 11) is 0. The van der Waals surface area contributed by atoms with E-state index in [1.54, 1.807) is 6.92 Å². The molecule has 1 aromatic carbocycles. The number of nitrogens with one attached hydrogen (secondary N) is 1. The molecule has 0 bridgehead atoms. The fraction of sp³-hybridized carbons (Fsp3) is 0.250. The molecule has 1 aliphatic rings. The van der Waals surface area contributed by atoms with Crippen LogP contribution in [0, 0.1) is 12.7 Å². The molecule has 2 rings (SSSR count). The molecule has 0 heterocycles. The van der Waals surface area contributed by atoms with Crippen LogP contribution in [0.15, 0.2) is 11.2 Å². The van der Waals surface area contributed by atoms with Crippen LogP contribution in [0.1, 0.15) is 28.4 Å². The van der Waals surface area contributed by atoms with Gasteiger partial charge in [-0.25, -0.2) is 4.39 Å². The van der Waals surface area contributed by atoms with Gasteiger partial charge in [0, 0.05) is 13.3 Å². The summed E-state index contributed by atoms with van der Waals surface area (Å²) in [6.07, 6.45) is 0.0703. The molecule has 2 N–H and O–H groups in total. The Labute approximate surface area is 102 Å². The Kier molecular flexibility index (Phi) is 2.86. The first kappa shape index (κ1) is 12.2. The number of amides is 1. The highest BCUT2D eigenvalue weighted by atomic mass is 19.1. The third-order valence-corrected chi connectivity index (χ3v) is 2.92. The quantitative estimate of drug-likeness (QED) is 0.587. The highest BCUT2D eigenvalue weighted by molar-refractivity contribution is 6.50. The molecule has 6 heteroatoms. The van der Waals surface area contributed by atoms with E-state index in [9.17, 15) is 14.0 Å². The second kappa shape index (κ2) is 4.21. The van der Waals surface area contributed by atoms with Crippen LogP contribution in [0.2, 0.25) is 0 Å². The van der Waals surface area contributed by atoms with Crippen LogP contribution >= 0.6 is 0 Å². The summed E-state index contributed by atoms with van der Waals surface area (Å²) in [6.45, 7) is 2.81. The third kappa shape index (κ3) is 1.75. The van der Waals surface area contributed by atoms with Crippen LogP contribution in [-0.2, 0) is 11.2 Å². The molecule has 0 atom stereocenters. The Balaban J connectivity index is 2.67. The van der Waals surface area contributed by atoms with Gasteiger partial charge in [0.2, 0.25) is 11.7 Å². The Bertz CT molecular complexity index is 593. The van der Waals surface area contributed by atoms with E-state index in [1.807, 2.05) is 0 Å². The van der Waals surface area contributed by atoms with Crippen LogP contribution < -0.4 is 5.32 Å². The predicted molar refractivity (Wildman–Crippen MR) is 62.7 cm³/mol. The van der Waals surface area contributed by atoms with E-state index in [4.69, 9.17) is 5.21 Å². The Morgan fingerprint density at radius 1 is 1.56 bits per heavy atom. The lowest BCUT2D eigenvalue weighted by Crippen LogP contribution is -2.13. The van der Waals surface area contributed by atoms with Crippen molar-refractivity contribution in [1.82, 2.24) is 0 Å². The molecule has 1 aromatic rings. The molecule has 0 aromatic heterocycles. The number of oxime groups is 1. The van der Waals surface area contributed by atoms with Gasteiger partial charge in [0.1, 0.15) is 11.5 Å². The zero-order valence-corrected chi connectivity index (χ0v) is 9.87. The summed E-state index contributed by atoms with van der Waals surface area (Å²) < 4.78 is 13.7. The van der Waals surface area contributed by atoms with Gasteiger partial charge in [-0.1, -0.05) is 5.16 Å². The number of fused-ring (bicyclic) bond motifs is 1. The summed E-state index contributed by atoms with van der Waals surface area (Å²) in [5, 5.41) is 14.0. The standard InChI is InChI=1S/C12H11FN2O3/c1-5-7-3-10(15-18)12(17)11(7)9(4-8(5)13)14-6(2)16/h4,18H,3H2,1-2H3,(H,14,16). The third-order valence-electron chi connectivity index (χ3n) is 2.92. The van der Waals surface area contributed by atoms with Crippen molar-refractivity contribution in [3.8, 4) is 0 Å². The van der Waals surface area contributed by atoms with Gasteiger partial charge in [-0.2, -0.15) is 0 Å². The summed E-state index contributed by atoms with van der Waals surface area (Å²) in [5.41, 5.74) is 1.05. The first-order valence-electron chi connectivity index (χ1n) is 5.31. The molecule has 0 radical (unpaired) electrons. The van der Waals surface area contributed by atoms with E-state index >= 15 is 0 Å². The van der Waals surface area contributed by atoms with Crippen molar-refractivity contribution in [2.24, 2.45) is 5.16 Å². The lowest BCUT2D eigenvalue weighted by atomic mass is 10.0. The molecule has 0 unspecified atom stereocenters. The normalized spacial score (nSPS) is 15.9. The summed E-state index contributed by atoms with van der Waals surface area (Å²) in [5.74, 6) is -1.40. The number of anilines is 1. The van der Waals surface area contributed by atoms with Crippen molar-refractivity contribution in [1.29, 1.82) is 0 Å². The summed E-state index contributed by atoms with van der Waals surface area (Å²) >= 11 is 0. The van der Waals surface area contributed by atoms with Gasteiger partial charge in [0.25, 0.3) is 0 Å². The van der Waals surface area contributed by atoms with Crippen molar-refractivity contribution in [3.05, 3.63) is 28.6 Å². The highest BCUT2D eigenvalue weighted by Gasteiger charge is 2.32. The number of carbonyl (C=O) groups is 2. The van der Waals surface area contributed by atoms with E-state index in [0.717, 1.165) is 6.07 Å². The first-order valence-corrected chi connectivity index (χ1v) is 5.31. The molecule has 0 spiro atoms. The van der Waals surface area contributed by atoms with Gasteiger partial charge in [-0.05, 0) is 24.1 Å². The fourth-order valence-corrected chi connectivity index (χ4v) is 2.04. The van der Waals surface area contributed by atoms with Gasteiger partial charge in [-0.15, -0.1) is 0 Å². The number of Topliss-reactive ketones (excluding diaryl/α,β-unsaturated/α-hetero) is 1. The van der Waals surface area contributed by atoms with Crippen molar-refractivity contribution in [2.45, 2.75) is 20.3 Å². The van der Waals surface area contributed by atoms with Crippen LogP contribution in [0.25, 0.3) is 0 Å². The first-order chi connectivity index (χ1) is 8.45. The van der Waals surface area contributed by atoms with E-state index in [0.29, 0.717) is 11.1 Å². The van der Waals surface area contributed by atoms with Gasteiger partial charge < -0.3 is 10.5 Å². The predicted octanol–water partition coefficient (Wildman–Crippen LogP) is 1.66. The smallest absolute Gasteiger partial charge is 0.221 e. The van der Waals surface area contributed by atoms with Crippen LogP contribution in [0.4, 0.5) is 10.1 Å². The van der Waals surface area contributed by atoms with Crippen LogP contribution in [0.5, 0.6) is 0 Å². The Morgan fingerprint density at radius 3 is 2.78 bits per heavy atom. The van der Waals surface area contributed by atoms with Gasteiger partial charge in [0.05, 0.1) is 11.3 Å². The zero-order chi connectivity index (χ0) is 13.4. The molecule has 94 valence electrons. The zero-order valence-electron chi connectivity index (χ0n) is 9.87. The van der Waals surface area contributed by atoms with Crippen LogP contribution in [0.3, 0.4) is 0 Å². The van der Waals surface area contributed by atoms with E-state index in [1.165, 1.54) is 6.92 Å². The molecule has 0 saturated heterocycles. The van der Waals surface area contributed by atoms with Gasteiger partial charge in [0.15, 0.2) is 0 Å². The maximum absolute atomic E-state index is 13.7. The van der Waals surface area contributed by atoms with Gasteiger partial charge >= 0.3 is 0 Å². The van der Waals surface area contributed by atoms with Crippen molar-refractivity contribution < 1.29 is 19.2 Å². The number of hydrogen-bond acceptors (Lipinski definition) is 4. The van der Waals surface area contributed by atoms with E-state index in [-0.39, 0.29) is 23.4 Å². The lowest BCUT2D eigenvalue weighted by molar-refractivity contribution is -0.114. The SMILES string of the molecule is CC(=O)Nc1cc(F)c(C)c2c1C(=O)C(=NO)C2. The average molecular weight is 250 g/mol. The van der Waals surface area contributed by atoms with E-state index < -0.39 is 17.5 Å². The number of rotatable bonds is 1. The number of ketones is 1. The number of nitrogens with zero attached hydrogens (tertiary/aromatic N) is 1. The largest absolute Gasteiger partial charge is 0.411 e. The molecule has 0 fully saturated rings. The minimum Gasteiger partial charge on any atom is -0.411 e. The minimum atomic E-state index is -0.510. The Morgan fingerprint density at radius 2 is 2.22 bits per heavy atom. The maximum atomic E-state index is 13.7. The molecular formula is C12H11FN2O3. The molecule has 1 aliphatic carbocycles. The minimum absolute atomic E-state index is 0.0506.